The predicted molar refractivity (Wildman–Crippen MR) is 92.8 cm³/mol. The number of carbonyl (C=O) groups excluding carboxylic acids is 1. The van der Waals surface area contributed by atoms with Gasteiger partial charge in [-0.1, -0.05) is 13.8 Å². The van der Waals surface area contributed by atoms with Crippen molar-refractivity contribution in [2.75, 3.05) is 13.7 Å². The summed E-state index contributed by atoms with van der Waals surface area (Å²) in [7, 11) is 1.61. The largest absolute Gasteiger partial charge is 0.497 e. The summed E-state index contributed by atoms with van der Waals surface area (Å²) in [4.78, 5) is 12.1. The van der Waals surface area contributed by atoms with Gasteiger partial charge in [0.15, 0.2) is 0 Å². The number of ether oxygens (including phenoxy) is 1. The fourth-order valence-corrected chi connectivity index (χ4v) is 2.39. The molecule has 0 saturated carbocycles. The number of rotatable bonds is 6. The van der Waals surface area contributed by atoms with E-state index in [4.69, 9.17) is 10.5 Å². The van der Waals surface area contributed by atoms with Crippen molar-refractivity contribution < 1.29 is 9.53 Å². The molecule has 6 heteroatoms. The quantitative estimate of drug-likeness (QED) is 0.706. The van der Waals surface area contributed by atoms with E-state index in [1.54, 1.807) is 19.2 Å². The average molecular weight is 413 g/mol. The molecule has 0 unspecified atom stereocenters. The van der Waals surface area contributed by atoms with Gasteiger partial charge in [-0.05, 0) is 53.6 Å². The molecular weight excluding hydrogens is 391 g/mol. The maximum atomic E-state index is 12.1. The normalized spacial score (nSPS) is 10.7. The van der Waals surface area contributed by atoms with Crippen molar-refractivity contribution in [2.45, 2.75) is 32.2 Å². The first-order valence-electron chi connectivity index (χ1n) is 6.36. The Balaban J connectivity index is 0.00000361. The van der Waals surface area contributed by atoms with Crippen LogP contribution in [0.5, 0.6) is 5.75 Å². The number of benzene rings is 1. The van der Waals surface area contributed by atoms with Crippen molar-refractivity contribution in [2.24, 2.45) is 5.73 Å². The van der Waals surface area contributed by atoms with E-state index in [9.17, 15) is 4.79 Å². The number of nitrogens with two attached hydrogens (primary N) is 1. The van der Waals surface area contributed by atoms with Gasteiger partial charge in [0, 0.05) is 15.7 Å². The third-order valence-electron chi connectivity index (χ3n) is 3.43. The molecule has 20 heavy (non-hydrogen) atoms. The van der Waals surface area contributed by atoms with Gasteiger partial charge in [0.05, 0.1) is 12.7 Å². The maximum absolute atomic E-state index is 12.1. The van der Waals surface area contributed by atoms with E-state index in [1.807, 2.05) is 19.9 Å². The lowest BCUT2D eigenvalue weighted by molar-refractivity contribution is 0.0941. The van der Waals surface area contributed by atoms with Gasteiger partial charge in [-0.15, -0.1) is 12.4 Å². The maximum Gasteiger partial charge on any atom is 0.252 e. The highest BCUT2D eigenvalue weighted by Gasteiger charge is 2.21. The molecule has 0 saturated heterocycles. The summed E-state index contributed by atoms with van der Waals surface area (Å²) in [5.41, 5.74) is 6.49. The van der Waals surface area contributed by atoms with E-state index in [-0.39, 0.29) is 23.9 Å². The molecule has 0 radical (unpaired) electrons. The Hall–Kier alpha value is -0.530. The summed E-state index contributed by atoms with van der Waals surface area (Å²) in [6, 6.07) is 5.39. The Kier molecular flexibility index (Phi) is 8.46. The summed E-state index contributed by atoms with van der Waals surface area (Å²) >= 11 is 2.13. The first kappa shape index (κ1) is 19.5. The van der Waals surface area contributed by atoms with Crippen LogP contribution >= 0.6 is 35.0 Å². The van der Waals surface area contributed by atoms with Crippen LogP contribution in [0.4, 0.5) is 0 Å². The summed E-state index contributed by atoms with van der Waals surface area (Å²) in [5.74, 6) is 0.653. The van der Waals surface area contributed by atoms with Crippen LogP contribution in [0.3, 0.4) is 0 Å². The number of halogens is 2. The minimum atomic E-state index is -0.326. The number of nitrogens with one attached hydrogen (secondary N) is 1. The van der Waals surface area contributed by atoms with Crippen LogP contribution in [0.25, 0.3) is 0 Å². The van der Waals surface area contributed by atoms with E-state index in [2.05, 4.69) is 27.9 Å². The van der Waals surface area contributed by atoms with Crippen LogP contribution < -0.4 is 15.8 Å². The zero-order chi connectivity index (χ0) is 14.5. The molecule has 0 bridgehead atoms. The van der Waals surface area contributed by atoms with Gasteiger partial charge < -0.3 is 15.8 Å². The van der Waals surface area contributed by atoms with Gasteiger partial charge in [-0.2, -0.15) is 0 Å². The van der Waals surface area contributed by atoms with E-state index in [0.717, 1.165) is 22.2 Å². The molecule has 0 aliphatic carbocycles. The van der Waals surface area contributed by atoms with Crippen LogP contribution in [0.1, 0.15) is 37.0 Å². The fraction of sp³-hybridized carbons (Fsp3) is 0.500. The topological polar surface area (TPSA) is 64.3 Å². The summed E-state index contributed by atoms with van der Waals surface area (Å²) in [5, 5.41) is 2.91. The number of hydrogen-bond acceptors (Lipinski definition) is 3. The monoisotopic (exact) mass is 412 g/mol. The van der Waals surface area contributed by atoms with Crippen molar-refractivity contribution >= 4 is 40.9 Å². The summed E-state index contributed by atoms with van der Waals surface area (Å²) < 4.78 is 5.99. The molecule has 3 N–H and O–H groups in total. The van der Waals surface area contributed by atoms with E-state index in [1.165, 1.54) is 0 Å². The van der Waals surface area contributed by atoms with Crippen LogP contribution in [-0.2, 0) is 0 Å². The molecule has 0 aromatic heterocycles. The van der Waals surface area contributed by atoms with Crippen LogP contribution in [0.2, 0.25) is 0 Å². The molecule has 0 heterocycles. The second kappa shape index (κ2) is 8.69. The van der Waals surface area contributed by atoms with Crippen molar-refractivity contribution in [1.29, 1.82) is 0 Å². The zero-order valence-electron chi connectivity index (χ0n) is 12.0. The van der Waals surface area contributed by atoms with Crippen LogP contribution in [-0.4, -0.2) is 25.1 Å². The SMILES string of the molecule is CCC(N)(CC)CNC(=O)c1ccc(OC)cc1I.Cl. The molecule has 0 aliphatic rings. The minimum Gasteiger partial charge on any atom is -0.497 e. The lowest BCUT2D eigenvalue weighted by Crippen LogP contribution is -2.49. The number of hydrogen-bond donors (Lipinski definition) is 2. The Labute approximate surface area is 140 Å². The molecule has 114 valence electrons. The Morgan fingerprint density at radius 2 is 2.00 bits per heavy atom. The highest BCUT2D eigenvalue weighted by Crippen LogP contribution is 2.19. The number of methoxy groups -OCH3 is 1. The highest BCUT2D eigenvalue weighted by atomic mass is 127. The predicted octanol–water partition coefficient (Wildman–Crippen LogP) is 2.97. The van der Waals surface area contributed by atoms with Gasteiger partial charge >= 0.3 is 0 Å². The summed E-state index contributed by atoms with van der Waals surface area (Å²) in [6.07, 6.45) is 1.67. The van der Waals surface area contributed by atoms with Gasteiger partial charge in [0.1, 0.15) is 5.75 Å². The van der Waals surface area contributed by atoms with Gasteiger partial charge in [-0.25, -0.2) is 0 Å². The van der Waals surface area contributed by atoms with Gasteiger partial charge in [-0.3, -0.25) is 4.79 Å². The lowest BCUT2D eigenvalue weighted by atomic mass is 9.94. The Bertz CT molecular complexity index is 451. The molecule has 1 rings (SSSR count). The van der Waals surface area contributed by atoms with Crippen molar-refractivity contribution in [1.82, 2.24) is 5.32 Å². The molecule has 0 aliphatic heterocycles. The third-order valence-corrected chi connectivity index (χ3v) is 4.32. The van der Waals surface area contributed by atoms with Crippen LogP contribution in [0.15, 0.2) is 18.2 Å². The van der Waals surface area contributed by atoms with Crippen molar-refractivity contribution in [3.8, 4) is 5.75 Å². The number of carbonyl (C=O) groups is 1. The number of amides is 1. The van der Waals surface area contributed by atoms with Crippen LogP contribution in [0, 0.1) is 3.57 Å². The molecule has 0 spiro atoms. The van der Waals surface area contributed by atoms with Crippen molar-refractivity contribution in [3.63, 3.8) is 0 Å². The minimum absolute atomic E-state index is 0. The Morgan fingerprint density at radius 1 is 1.40 bits per heavy atom. The molecule has 0 fully saturated rings. The smallest absolute Gasteiger partial charge is 0.252 e. The van der Waals surface area contributed by atoms with Crippen molar-refractivity contribution in [3.05, 3.63) is 27.3 Å². The second-order valence-corrected chi connectivity index (χ2v) is 5.76. The van der Waals surface area contributed by atoms with E-state index >= 15 is 0 Å². The standard InChI is InChI=1S/C14H21IN2O2.ClH/c1-4-14(16,5-2)9-17-13(18)11-7-6-10(19-3)8-12(11)15;/h6-8H,4-5,9,16H2,1-3H3,(H,17,18);1H. The highest BCUT2D eigenvalue weighted by molar-refractivity contribution is 14.1. The molecular formula is C14H22ClIN2O2. The van der Waals surface area contributed by atoms with E-state index < -0.39 is 0 Å². The zero-order valence-corrected chi connectivity index (χ0v) is 15.0. The molecule has 0 atom stereocenters. The lowest BCUT2D eigenvalue weighted by Gasteiger charge is -2.26. The first-order chi connectivity index (χ1) is 8.95. The van der Waals surface area contributed by atoms with Gasteiger partial charge in [0.2, 0.25) is 0 Å². The molecule has 1 amide bonds. The van der Waals surface area contributed by atoms with Gasteiger partial charge in [0.25, 0.3) is 5.91 Å². The molecule has 1 aromatic rings. The molecule has 4 nitrogen and oxygen atoms in total. The molecule has 1 aromatic carbocycles. The first-order valence-corrected chi connectivity index (χ1v) is 7.44. The Morgan fingerprint density at radius 3 is 2.45 bits per heavy atom. The fourth-order valence-electron chi connectivity index (χ4n) is 1.66. The van der Waals surface area contributed by atoms with E-state index in [0.29, 0.717) is 12.1 Å². The third kappa shape index (κ3) is 5.10. The summed E-state index contributed by atoms with van der Waals surface area (Å²) in [6.45, 7) is 4.56. The average Bonchev–Trinajstić information content (AvgIpc) is 2.44. The second-order valence-electron chi connectivity index (χ2n) is 4.60.